The molecule has 0 saturated carbocycles. The molecular formula is C29H41N4O4+. The molecule has 1 aliphatic rings. The summed E-state index contributed by atoms with van der Waals surface area (Å²) in [6, 6.07) is 6.49. The number of ether oxygens (including phenoxy) is 1. The number of carbonyl (C=O) groups is 3. The number of aromatic nitrogens is 2. The van der Waals surface area contributed by atoms with Crippen molar-refractivity contribution >= 4 is 29.3 Å². The van der Waals surface area contributed by atoms with E-state index < -0.39 is 11.7 Å². The molecule has 1 aromatic carbocycles. The van der Waals surface area contributed by atoms with Crippen LogP contribution < -0.4 is 9.88 Å². The first-order valence-corrected chi connectivity index (χ1v) is 13.2. The lowest BCUT2D eigenvalue weighted by Gasteiger charge is -2.21. The standard InChI is InChI=1S/C29H40N4O4/c1-7-32-24-16-15-21(12-11-17-30-28(36)37-29(3,4)5)18-25(24)33(8-2)26(32)19-31(6)27(35)23-14-10-9-13-22(23)20-34/h9-10,14-16,18,20,22H,7-8,11-13,17,19H2,1-6H3/p+1. The molecule has 2 amide bonds. The molecule has 0 spiro atoms. The summed E-state index contributed by atoms with van der Waals surface area (Å²) >= 11 is 0. The number of nitrogens with one attached hydrogen (secondary N) is 1. The van der Waals surface area contributed by atoms with Crippen molar-refractivity contribution in [1.29, 1.82) is 0 Å². The number of aryl methyl sites for hydroxylation is 3. The number of rotatable bonds is 10. The number of alkyl carbamates (subject to hydrolysis) is 1. The molecular weight excluding hydrogens is 468 g/mol. The smallest absolute Gasteiger partial charge is 0.407 e. The maximum absolute atomic E-state index is 13.2. The number of allylic oxidation sites excluding steroid dienone is 3. The number of hydrogen-bond acceptors (Lipinski definition) is 4. The zero-order valence-electron chi connectivity index (χ0n) is 23.0. The summed E-state index contributed by atoms with van der Waals surface area (Å²) in [4.78, 5) is 38.3. The molecule has 8 nitrogen and oxygen atoms in total. The molecule has 0 fully saturated rings. The van der Waals surface area contributed by atoms with Gasteiger partial charge in [-0.1, -0.05) is 24.3 Å². The van der Waals surface area contributed by atoms with E-state index in [9.17, 15) is 14.4 Å². The summed E-state index contributed by atoms with van der Waals surface area (Å²) in [6.45, 7) is 12.3. The van der Waals surface area contributed by atoms with Crippen molar-refractivity contribution in [3.05, 3.63) is 53.4 Å². The second kappa shape index (κ2) is 12.2. The second-order valence-electron chi connectivity index (χ2n) is 10.4. The molecule has 8 heteroatoms. The van der Waals surface area contributed by atoms with E-state index in [1.165, 1.54) is 5.56 Å². The molecule has 0 bridgehead atoms. The van der Waals surface area contributed by atoms with Crippen LogP contribution in [0.5, 0.6) is 0 Å². The van der Waals surface area contributed by atoms with Gasteiger partial charge in [-0.05, 0) is 71.6 Å². The molecule has 1 heterocycles. The van der Waals surface area contributed by atoms with Crippen LogP contribution in [0.1, 0.15) is 58.8 Å². The van der Waals surface area contributed by atoms with Gasteiger partial charge in [0.1, 0.15) is 18.4 Å². The topological polar surface area (TPSA) is 84.5 Å². The van der Waals surface area contributed by atoms with Gasteiger partial charge in [0, 0.05) is 25.1 Å². The number of benzene rings is 1. The molecule has 1 N–H and O–H groups in total. The van der Waals surface area contributed by atoms with Crippen LogP contribution in [0.2, 0.25) is 0 Å². The predicted octanol–water partition coefficient (Wildman–Crippen LogP) is 4.09. The minimum atomic E-state index is -0.508. The second-order valence-corrected chi connectivity index (χ2v) is 10.4. The van der Waals surface area contributed by atoms with Crippen LogP contribution in [0, 0.1) is 5.92 Å². The van der Waals surface area contributed by atoms with Gasteiger partial charge in [0.2, 0.25) is 0 Å². The van der Waals surface area contributed by atoms with Crippen LogP contribution in [0.3, 0.4) is 0 Å². The Labute approximate surface area is 220 Å². The summed E-state index contributed by atoms with van der Waals surface area (Å²) in [5.74, 6) is 0.548. The van der Waals surface area contributed by atoms with Crippen molar-refractivity contribution in [2.45, 2.75) is 79.1 Å². The van der Waals surface area contributed by atoms with E-state index in [2.05, 4.69) is 46.5 Å². The number of fused-ring (bicyclic) bond motifs is 1. The SMILES string of the molecule is CCn1c(CN(C)C(=O)C2=CC=CCC2C=O)[n+](CC)c2ccc(CCCNC(=O)OC(C)(C)C)cc21. The molecule has 1 aliphatic carbocycles. The Hall–Kier alpha value is -3.42. The Morgan fingerprint density at radius 1 is 1.27 bits per heavy atom. The molecule has 200 valence electrons. The van der Waals surface area contributed by atoms with Crippen molar-refractivity contribution < 1.29 is 23.7 Å². The van der Waals surface area contributed by atoms with Crippen molar-refractivity contribution in [3.63, 3.8) is 0 Å². The number of carbonyl (C=O) groups excluding carboxylic acids is 3. The Morgan fingerprint density at radius 2 is 2.03 bits per heavy atom. The van der Waals surface area contributed by atoms with Crippen LogP contribution in [-0.4, -0.2) is 46.9 Å². The molecule has 0 saturated heterocycles. The third kappa shape index (κ3) is 6.87. The fourth-order valence-electron chi connectivity index (χ4n) is 4.78. The zero-order chi connectivity index (χ0) is 27.2. The maximum atomic E-state index is 13.2. The first kappa shape index (κ1) is 28.2. The van der Waals surface area contributed by atoms with Crippen LogP contribution in [0.15, 0.2) is 42.0 Å². The van der Waals surface area contributed by atoms with Crippen LogP contribution in [0.4, 0.5) is 4.79 Å². The number of hydrogen-bond donors (Lipinski definition) is 1. The van der Waals surface area contributed by atoms with Crippen LogP contribution in [0.25, 0.3) is 11.0 Å². The van der Waals surface area contributed by atoms with Gasteiger partial charge in [-0.3, -0.25) is 4.79 Å². The fourth-order valence-corrected chi connectivity index (χ4v) is 4.78. The Balaban J connectivity index is 1.77. The summed E-state index contributed by atoms with van der Waals surface area (Å²) in [5.41, 5.74) is 3.49. The van der Waals surface area contributed by atoms with E-state index >= 15 is 0 Å². The molecule has 1 atom stereocenters. The quantitative estimate of drug-likeness (QED) is 0.297. The molecule has 0 aliphatic heterocycles. The van der Waals surface area contributed by atoms with Gasteiger partial charge in [0.05, 0.1) is 13.1 Å². The summed E-state index contributed by atoms with van der Waals surface area (Å²) < 4.78 is 9.81. The highest BCUT2D eigenvalue weighted by Gasteiger charge is 2.29. The van der Waals surface area contributed by atoms with Crippen molar-refractivity contribution in [3.8, 4) is 0 Å². The van der Waals surface area contributed by atoms with Gasteiger partial charge in [-0.25, -0.2) is 13.9 Å². The normalized spacial score (nSPS) is 15.4. The van der Waals surface area contributed by atoms with Crippen LogP contribution >= 0.6 is 0 Å². The van der Waals surface area contributed by atoms with E-state index in [-0.39, 0.29) is 11.8 Å². The third-order valence-electron chi connectivity index (χ3n) is 6.53. The van der Waals surface area contributed by atoms with E-state index in [0.29, 0.717) is 25.1 Å². The molecule has 0 radical (unpaired) electrons. The first-order valence-electron chi connectivity index (χ1n) is 13.2. The lowest BCUT2D eigenvalue weighted by molar-refractivity contribution is -0.677. The number of amides is 2. The molecule has 2 aromatic rings. The molecule has 3 rings (SSSR count). The lowest BCUT2D eigenvalue weighted by Crippen LogP contribution is -2.41. The number of likely N-dealkylation sites (N-methyl/N-ethyl adjacent to an activating group) is 1. The zero-order valence-corrected chi connectivity index (χ0v) is 23.0. The van der Waals surface area contributed by atoms with Gasteiger partial charge in [-0.2, -0.15) is 0 Å². The lowest BCUT2D eigenvalue weighted by atomic mass is 9.92. The monoisotopic (exact) mass is 509 g/mol. The minimum absolute atomic E-state index is 0.116. The highest BCUT2D eigenvalue weighted by molar-refractivity contribution is 5.97. The summed E-state index contributed by atoms with van der Waals surface area (Å²) in [6.07, 6.45) is 8.19. The van der Waals surface area contributed by atoms with Crippen molar-refractivity contribution in [2.24, 2.45) is 5.92 Å². The average Bonchev–Trinajstić information content (AvgIpc) is 3.16. The molecule has 37 heavy (non-hydrogen) atoms. The molecule has 1 unspecified atom stereocenters. The van der Waals surface area contributed by atoms with Crippen LogP contribution in [-0.2, 0) is 40.4 Å². The highest BCUT2D eigenvalue weighted by atomic mass is 16.6. The van der Waals surface area contributed by atoms with Gasteiger partial charge in [0.25, 0.3) is 11.7 Å². The Kier molecular flexibility index (Phi) is 9.29. The maximum Gasteiger partial charge on any atom is 0.407 e. The Morgan fingerprint density at radius 3 is 2.68 bits per heavy atom. The number of imidazole rings is 1. The van der Waals surface area contributed by atoms with Crippen molar-refractivity contribution in [1.82, 2.24) is 14.8 Å². The Bertz CT molecular complexity index is 1200. The average molecular weight is 510 g/mol. The largest absolute Gasteiger partial charge is 0.444 e. The van der Waals surface area contributed by atoms with Gasteiger partial charge in [-0.15, -0.1) is 0 Å². The van der Waals surface area contributed by atoms with E-state index in [1.807, 2.05) is 32.9 Å². The van der Waals surface area contributed by atoms with Crippen molar-refractivity contribution in [2.75, 3.05) is 13.6 Å². The highest BCUT2D eigenvalue weighted by Crippen LogP contribution is 2.23. The van der Waals surface area contributed by atoms with Gasteiger partial charge < -0.3 is 19.7 Å². The molecule has 1 aromatic heterocycles. The summed E-state index contributed by atoms with van der Waals surface area (Å²) in [5, 5.41) is 2.82. The van der Waals surface area contributed by atoms with E-state index in [4.69, 9.17) is 4.74 Å². The third-order valence-corrected chi connectivity index (χ3v) is 6.53. The minimum Gasteiger partial charge on any atom is -0.444 e. The fraction of sp³-hybridized carbons (Fsp3) is 0.517. The first-order chi connectivity index (χ1) is 17.6. The van der Waals surface area contributed by atoms with Gasteiger partial charge >= 0.3 is 6.09 Å². The number of nitrogens with zero attached hydrogens (tertiary/aromatic N) is 3. The summed E-state index contributed by atoms with van der Waals surface area (Å²) in [7, 11) is 1.80. The number of aldehydes is 1. The van der Waals surface area contributed by atoms with Gasteiger partial charge in [0.15, 0.2) is 11.0 Å². The van der Waals surface area contributed by atoms with E-state index in [0.717, 1.165) is 49.1 Å². The predicted molar refractivity (Wildman–Crippen MR) is 144 cm³/mol. The van der Waals surface area contributed by atoms with E-state index in [1.54, 1.807) is 18.0 Å².